The van der Waals surface area contributed by atoms with Gasteiger partial charge in [-0.15, -0.1) is 23.5 Å². The zero-order valence-electron chi connectivity index (χ0n) is 13.7. The van der Waals surface area contributed by atoms with Gasteiger partial charge in [-0.05, 0) is 12.1 Å². The molecule has 2 nitrogen and oxygen atoms in total. The van der Waals surface area contributed by atoms with Crippen LogP contribution in [-0.4, -0.2) is 20.6 Å². The second kappa shape index (κ2) is 10.0. The Morgan fingerprint density at radius 1 is 0.889 bits per heavy atom. The topological polar surface area (TPSA) is 17.8 Å². The van der Waals surface area contributed by atoms with Gasteiger partial charge in [0.1, 0.15) is 0 Å². The van der Waals surface area contributed by atoms with E-state index < -0.39 is 0 Å². The molecule has 2 aromatic carbocycles. The molecule has 1 aromatic heterocycles. The van der Waals surface area contributed by atoms with Crippen molar-refractivity contribution < 1.29 is 0 Å². The first kappa shape index (κ1) is 21.5. The number of hydrogen-bond acceptors (Lipinski definition) is 3. The molecular weight excluding hydrogens is 486 g/mol. The fraction of sp³-hybridized carbons (Fsp3) is 0.167. The van der Waals surface area contributed by atoms with Crippen molar-refractivity contribution >= 4 is 81.5 Å². The average Bonchev–Trinajstić information content (AvgIpc) is 3.18. The smallest absolute Gasteiger partial charge is 0.0946 e. The van der Waals surface area contributed by atoms with Crippen LogP contribution >= 0.6 is 81.5 Å². The highest BCUT2D eigenvalue weighted by Crippen LogP contribution is 2.48. The summed E-state index contributed by atoms with van der Waals surface area (Å²) in [5.41, 5.74) is 0. The third kappa shape index (κ3) is 5.45. The summed E-state index contributed by atoms with van der Waals surface area (Å²) in [4.78, 5) is 5.95. The quantitative estimate of drug-likeness (QED) is 0.186. The molecule has 0 aliphatic heterocycles. The lowest BCUT2D eigenvalue weighted by atomic mass is 10.3. The van der Waals surface area contributed by atoms with Gasteiger partial charge in [-0.1, -0.05) is 76.2 Å². The van der Waals surface area contributed by atoms with Crippen molar-refractivity contribution in [1.82, 2.24) is 9.55 Å². The number of halogens is 5. The highest BCUT2D eigenvalue weighted by molar-refractivity contribution is 8.03. The van der Waals surface area contributed by atoms with Crippen LogP contribution in [0.4, 0.5) is 0 Å². The van der Waals surface area contributed by atoms with E-state index in [1.165, 1.54) is 16.7 Å². The maximum atomic E-state index is 6.36. The first-order chi connectivity index (χ1) is 13.0. The average molecular weight is 499 g/mol. The SMILES string of the molecule is Clc1c(Cl)c(Cl)c(SCC(Cn2ccnc2)Sc2ccccc2)c(Cl)c1Cl. The molecule has 142 valence electrons. The van der Waals surface area contributed by atoms with Crippen LogP contribution < -0.4 is 0 Å². The van der Waals surface area contributed by atoms with Crippen molar-refractivity contribution in [3.63, 3.8) is 0 Å². The zero-order chi connectivity index (χ0) is 19.4. The molecule has 27 heavy (non-hydrogen) atoms. The molecule has 0 amide bonds. The van der Waals surface area contributed by atoms with Crippen molar-refractivity contribution in [3.8, 4) is 0 Å². The Labute approximate surface area is 191 Å². The highest BCUT2D eigenvalue weighted by atomic mass is 35.5. The fourth-order valence-electron chi connectivity index (χ4n) is 2.33. The number of imidazole rings is 1. The minimum atomic E-state index is 0.173. The van der Waals surface area contributed by atoms with E-state index in [2.05, 4.69) is 17.1 Å². The van der Waals surface area contributed by atoms with Gasteiger partial charge in [-0.3, -0.25) is 0 Å². The van der Waals surface area contributed by atoms with Crippen LogP contribution in [0.3, 0.4) is 0 Å². The minimum absolute atomic E-state index is 0.173. The molecule has 0 saturated carbocycles. The highest BCUT2D eigenvalue weighted by Gasteiger charge is 2.21. The summed E-state index contributed by atoms with van der Waals surface area (Å²) in [5.74, 6) is 0.742. The lowest BCUT2D eigenvalue weighted by Gasteiger charge is -2.18. The standard InChI is InChI=1S/C18H13Cl5N2S2/c19-13-14(20)16(22)18(17(23)15(13)21)26-9-12(8-25-7-6-24-10-25)27-11-4-2-1-3-5-11/h1-7,10,12H,8-9H2. The molecule has 0 N–H and O–H groups in total. The molecule has 3 rings (SSSR count). The van der Waals surface area contributed by atoms with Gasteiger partial charge in [0.2, 0.25) is 0 Å². The Morgan fingerprint density at radius 2 is 1.52 bits per heavy atom. The van der Waals surface area contributed by atoms with Gasteiger partial charge in [0, 0.05) is 39.7 Å². The van der Waals surface area contributed by atoms with Crippen molar-refractivity contribution in [2.75, 3.05) is 5.75 Å². The fourth-order valence-corrected chi connectivity index (χ4v) is 6.25. The summed E-state index contributed by atoms with van der Waals surface area (Å²) in [7, 11) is 0. The number of thioether (sulfide) groups is 2. The Hall–Kier alpha value is -0.200. The van der Waals surface area contributed by atoms with E-state index in [-0.39, 0.29) is 20.3 Å². The first-order valence-corrected chi connectivity index (χ1v) is 11.5. The predicted molar refractivity (Wildman–Crippen MR) is 121 cm³/mol. The van der Waals surface area contributed by atoms with E-state index in [1.807, 2.05) is 29.0 Å². The first-order valence-electron chi connectivity index (χ1n) is 7.79. The van der Waals surface area contributed by atoms with E-state index in [0.717, 1.165) is 12.3 Å². The molecule has 0 aliphatic rings. The molecule has 0 bridgehead atoms. The van der Waals surface area contributed by atoms with Gasteiger partial charge in [-0.2, -0.15) is 0 Å². The largest absolute Gasteiger partial charge is 0.336 e. The number of hydrogen-bond donors (Lipinski definition) is 0. The van der Waals surface area contributed by atoms with E-state index in [0.29, 0.717) is 14.9 Å². The predicted octanol–water partition coefficient (Wildman–Crippen LogP) is 8.10. The molecule has 0 aliphatic carbocycles. The van der Waals surface area contributed by atoms with Crippen LogP contribution in [0.5, 0.6) is 0 Å². The van der Waals surface area contributed by atoms with Crippen molar-refractivity contribution in [1.29, 1.82) is 0 Å². The van der Waals surface area contributed by atoms with E-state index in [4.69, 9.17) is 58.0 Å². The summed E-state index contributed by atoms with van der Waals surface area (Å²) in [6, 6.07) is 10.2. The molecular formula is C18H13Cl5N2S2. The molecule has 0 saturated heterocycles. The van der Waals surface area contributed by atoms with E-state index in [1.54, 1.807) is 24.3 Å². The summed E-state index contributed by atoms with van der Waals surface area (Å²) < 4.78 is 2.05. The van der Waals surface area contributed by atoms with Crippen molar-refractivity contribution in [3.05, 3.63) is 74.2 Å². The number of aromatic nitrogens is 2. The Morgan fingerprint density at radius 3 is 2.11 bits per heavy atom. The van der Waals surface area contributed by atoms with Crippen LogP contribution in [0, 0.1) is 0 Å². The molecule has 0 spiro atoms. The third-order valence-corrected chi connectivity index (χ3v) is 8.77. The van der Waals surface area contributed by atoms with Crippen molar-refractivity contribution in [2.45, 2.75) is 21.6 Å². The molecule has 3 aromatic rings. The Kier molecular flexibility index (Phi) is 7.98. The van der Waals surface area contributed by atoms with Gasteiger partial charge in [-0.25, -0.2) is 4.98 Å². The lowest BCUT2D eigenvalue weighted by molar-refractivity contribution is 0.695. The normalized spacial score (nSPS) is 12.3. The van der Waals surface area contributed by atoms with Gasteiger partial charge in [0.25, 0.3) is 0 Å². The molecule has 9 heteroatoms. The molecule has 1 unspecified atom stereocenters. The van der Waals surface area contributed by atoms with Gasteiger partial charge >= 0.3 is 0 Å². The molecule has 1 atom stereocenters. The minimum Gasteiger partial charge on any atom is -0.336 e. The maximum Gasteiger partial charge on any atom is 0.0946 e. The second-order valence-corrected chi connectivity index (χ2v) is 9.82. The Bertz CT molecular complexity index is 875. The van der Waals surface area contributed by atoms with Crippen LogP contribution in [0.2, 0.25) is 25.1 Å². The van der Waals surface area contributed by atoms with Crippen LogP contribution in [-0.2, 0) is 6.54 Å². The third-order valence-electron chi connectivity index (χ3n) is 3.60. The molecule has 0 fully saturated rings. The summed E-state index contributed by atoms with van der Waals surface area (Å²) in [6.07, 6.45) is 5.52. The van der Waals surface area contributed by atoms with Gasteiger partial charge < -0.3 is 4.57 Å². The van der Waals surface area contributed by atoms with E-state index >= 15 is 0 Å². The van der Waals surface area contributed by atoms with Crippen LogP contribution in [0.15, 0.2) is 58.8 Å². The maximum absolute atomic E-state index is 6.36. The summed E-state index contributed by atoms with van der Waals surface area (Å²) >= 11 is 34.4. The number of rotatable bonds is 7. The van der Waals surface area contributed by atoms with Crippen LogP contribution in [0.1, 0.15) is 0 Å². The van der Waals surface area contributed by atoms with Gasteiger partial charge in [0.05, 0.1) is 31.4 Å². The second-order valence-electron chi connectivity index (χ2n) is 5.52. The Balaban J connectivity index is 1.80. The monoisotopic (exact) mass is 496 g/mol. The zero-order valence-corrected chi connectivity index (χ0v) is 19.1. The molecule has 1 heterocycles. The van der Waals surface area contributed by atoms with E-state index in [9.17, 15) is 0 Å². The number of benzene rings is 2. The van der Waals surface area contributed by atoms with Crippen molar-refractivity contribution in [2.24, 2.45) is 0 Å². The molecule has 0 radical (unpaired) electrons. The number of nitrogens with zero attached hydrogens (tertiary/aromatic N) is 2. The van der Waals surface area contributed by atoms with Gasteiger partial charge in [0.15, 0.2) is 0 Å². The lowest BCUT2D eigenvalue weighted by Crippen LogP contribution is -2.14. The summed E-state index contributed by atoms with van der Waals surface area (Å²) in [6.45, 7) is 0.789. The van der Waals surface area contributed by atoms with Crippen LogP contribution in [0.25, 0.3) is 0 Å². The summed E-state index contributed by atoms with van der Waals surface area (Å²) in [5, 5.41) is 1.51.